The predicted octanol–water partition coefficient (Wildman–Crippen LogP) is 5.03. The zero-order valence-corrected chi connectivity index (χ0v) is 22.1. The third kappa shape index (κ3) is 6.27. The van der Waals surface area contributed by atoms with Crippen LogP contribution in [0.3, 0.4) is 0 Å². The molecule has 1 amide bonds. The molecule has 2 heterocycles. The average molecular weight is 557 g/mol. The monoisotopic (exact) mass is 556 g/mol. The van der Waals surface area contributed by atoms with E-state index in [-0.39, 0.29) is 34.6 Å². The molecule has 3 N–H and O–H groups in total. The van der Waals surface area contributed by atoms with E-state index in [1.165, 1.54) is 45.0 Å². The fraction of sp³-hybridized carbons (Fsp3) is 0.172. The number of aliphatic hydroxyl groups excluding tert-OH is 1. The van der Waals surface area contributed by atoms with Gasteiger partial charge in [0.05, 0.1) is 43.9 Å². The lowest BCUT2D eigenvalue weighted by molar-refractivity contribution is -0.112. The number of benzene rings is 2. The SMILES string of the molecule is COc1cc2nccc(Oc3ncc(NC(=O)C(C=NC4CC4)=C(O)C(=N)c4ccc(F)cc4)cn3)c2cc1OC. The van der Waals surface area contributed by atoms with E-state index in [9.17, 15) is 14.3 Å². The van der Waals surface area contributed by atoms with Gasteiger partial charge in [-0.25, -0.2) is 14.4 Å². The number of amides is 1. The number of carbonyl (C=O) groups excluding carboxylic acids is 1. The van der Waals surface area contributed by atoms with Crippen LogP contribution in [0.2, 0.25) is 0 Å². The number of allylic oxidation sites excluding steroid dienone is 1. The van der Waals surface area contributed by atoms with E-state index >= 15 is 0 Å². The van der Waals surface area contributed by atoms with Crippen molar-refractivity contribution in [3.05, 3.63) is 83.8 Å². The van der Waals surface area contributed by atoms with Crippen LogP contribution < -0.4 is 19.5 Å². The Bertz CT molecular complexity index is 1670. The highest BCUT2D eigenvalue weighted by molar-refractivity contribution is 6.24. The lowest BCUT2D eigenvalue weighted by Gasteiger charge is -2.12. The van der Waals surface area contributed by atoms with Crippen LogP contribution in [-0.4, -0.2) is 58.2 Å². The van der Waals surface area contributed by atoms with Crippen LogP contribution in [0.15, 0.2) is 77.4 Å². The highest BCUT2D eigenvalue weighted by Crippen LogP contribution is 2.36. The molecule has 0 radical (unpaired) electrons. The summed E-state index contributed by atoms with van der Waals surface area (Å²) in [5.41, 5.74) is 0.489. The molecule has 5 rings (SSSR count). The molecule has 208 valence electrons. The van der Waals surface area contributed by atoms with Crippen molar-refractivity contribution in [3.8, 4) is 23.3 Å². The number of nitrogens with zero attached hydrogens (tertiary/aromatic N) is 4. The van der Waals surface area contributed by atoms with Crippen LogP contribution in [0, 0.1) is 11.2 Å². The number of fused-ring (bicyclic) bond motifs is 1. The quantitative estimate of drug-likeness (QED) is 0.140. The first-order valence-electron chi connectivity index (χ1n) is 12.5. The van der Waals surface area contributed by atoms with Crippen molar-refractivity contribution in [1.29, 1.82) is 5.41 Å². The molecule has 1 fully saturated rings. The van der Waals surface area contributed by atoms with Gasteiger partial charge in [-0.3, -0.25) is 20.2 Å². The van der Waals surface area contributed by atoms with E-state index in [1.54, 1.807) is 24.4 Å². The second-order valence-corrected chi connectivity index (χ2v) is 9.00. The van der Waals surface area contributed by atoms with E-state index in [1.807, 2.05) is 0 Å². The summed E-state index contributed by atoms with van der Waals surface area (Å²) < 4.78 is 29.9. The van der Waals surface area contributed by atoms with Gasteiger partial charge in [0, 0.05) is 29.4 Å². The minimum atomic E-state index is -0.725. The third-order valence-corrected chi connectivity index (χ3v) is 6.12. The molecule has 11 nitrogen and oxygen atoms in total. The summed E-state index contributed by atoms with van der Waals surface area (Å²) in [5.74, 6) is -0.355. The zero-order valence-electron chi connectivity index (χ0n) is 22.1. The molecule has 0 saturated heterocycles. The number of aromatic nitrogens is 3. The minimum Gasteiger partial charge on any atom is -0.505 e. The van der Waals surface area contributed by atoms with E-state index in [0.29, 0.717) is 28.2 Å². The molecule has 2 aromatic carbocycles. The molecule has 4 aromatic rings. The summed E-state index contributed by atoms with van der Waals surface area (Å²) in [6.45, 7) is 0. The first-order chi connectivity index (χ1) is 19.9. The van der Waals surface area contributed by atoms with Crippen molar-refractivity contribution < 1.29 is 28.5 Å². The van der Waals surface area contributed by atoms with Gasteiger partial charge in [-0.05, 0) is 49.2 Å². The normalized spacial score (nSPS) is 13.5. The van der Waals surface area contributed by atoms with Crippen LogP contribution in [0.4, 0.5) is 10.1 Å². The topological polar surface area (TPSA) is 152 Å². The van der Waals surface area contributed by atoms with Crippen molar-refractivity contribution in [3.63, 3.8) is 0 Å². The van der Waals surface area contributed by atoms with Gasteiger partial charge in [0.25, 0.3) is 5.91 Å². The number of aliphatic hydroxyl groups is 1. The predicted molar refractivity (Wildman–Crippen MR) is 150 cm³/mol. The summed E-state index contributed by atoms with van der Waals surface area (Å²) in [5, 5.41) is 22.4. The second kappa shape index (κ2) is 11.8. The Morgan fingerprint density at radius 1 is 1.05 bits per heavy atom. The fourth-order valence-electron chi connectivity index (χ4n) is 3.79. The van der Waals surface area contributed by atoms with Crippen LogP contribution in [0.5, 0.6) is 23.3 Å². The Labute approximate surface area is 233 Å². The largest absolute Gasteiger partial charge is 0.505 e. The molecule has 1 aliphatic rings. The molecule has 0 atom stereocenters. The molecular weight excluding hydrogens is 531 g/mol. The van der Waals surface area contributed by atoms with Gasteiger partial charge in [0.2, 0.25) is 0 Å². The van der Waals surface area contributed by atoms with Crippen molar-refractivity contribution in [2.24, 2.45) is 4.99 Å². The summed E-state index contributed by atoms with van der Waals surface area (Å²) in [7, 11) is 3.06. The Kier molecular flexibility index (Phi) is 7.81. The van der Waals surface area contributed by atoms with Gasteiger partial charge < -0.3 is 24.6 Å². The summed E-state index contributed by atoms with van der Waals surface area (Å²) in [6.07, 6.45) is 7.26. The number of nitrogens with one attached hydrogen (secondary N) is 2. The molecule has 0 unspecified atom stereocenters. The molecule has 2 aromatic heterocycles. The number of hydrogen-bond acceptors (Lipinski definition) is 10. The van der Waals surface area contributed by atoms with Crippen molar-refractivity contribution >= 4 is 34.4 Å². The number of anilines is 1. The van der Waals surface area contributed by atoms with Gasteiger partial charge in [-0.2, -0.15) is 0 Å². The van der Waals surface area contributed by atoms with Crippen LogP contribution in [0.1, 0.15) is 18.4 Å². The highest BCUT2D eigenvalue weighted by Gasteiger charge is 2.23. The van der Waals surface area contributed by atoms with Gasteiger partial charge in [-0.1, -0.05) is 0 Å². The first-order valence-corrected chi connectivity index (χ1v) is 12.5. The molecule has 0 spiro atoms. The van der Waals surface area contributed by atoms with Gasteiger partial charge in [0.15, 0.2) is 17.3 Å². The van der Waals surface area contributed by atoms with Crippen LogP contribution in [-0.2, 0) is 4.79 Å². The average Bonchev–Trinajstić information content (AvgIpc) is 3.82. The molecule has 1 saturated carbocycles. The molecule has 0 bridgehead atoms. The Morgan fingerprint density at radius 3 is 2.39 bits per heavy atom. The summed E-state index contributed by atoms with van der Waals surface area (Å²) in [4.78, 5) is 30.1. The Morgan fingerprint density at radius 2 is 1.73 bits per heavy atom. The van der Waals surface area contributed by atoms with Gasteiger partial charge in [0.1, 0.15) is 22.9 Å². The number of pyridine rings is 1. The van der Waals surface area contributed by atoms with Gasteiger partial charge >= 0.3 is 6.01 Å². The summed E-state index contributed by atoms with van der Waals surface area (Å²) in [6, 6.07) is 10.2. The maximum Gasteiger partial charge on any atom is 0.322 e. The molecule has 0 aliphatic heterocycles. The zero-order chi connectivity index (χ0) is 28.9. The standard InChI is InChI=1S/C29H25FN6O5/c1-39-24-11-20-22(12-25(24)40-2)32-10-9-23(20)41-29-34-13-19(14-35-29)36-28(38)21(15-33-18-7-8-18)27(37)26(31)16-3-5-17(30)6-4-16/h3-6,9-15,18,31,37H,7-8H2,1-2H3,(H,36,38). The van der Waals surface area contributed by atoms with E-state index in [0.717, 1.165) is 25.0 Å². The van der Waals surface area contributed by atoms with Crippen molar-refractivity contribution in [1.82, 2.24) is 15.0 Å². The van der Waals surface area contributed by atoms with Crippen LogP contribution >= 0.6 is 0 Å². The fourth-order valence-corrected chi connectivity index (χ4v) is 3.79. The van der Waals surface area contributed by atoms with Crippen molar-refractivity contribution in [2.45, 2.75) is 18.9 Å². The lowest BCUT2D eigenvalue weighted by atomic mass is 10.0. The van der Waals surface area contributed by atoms with E-state index in [4.69, 9.17) is 19.6 Å². The second-order valence-electron chi connectivity index (χ2n) is 9.00. The smallest absolute Gasteiger partial charge is 0.322 e. The number of halogens is 1. The van der Waals surface area contributed by atoms with Crippen molar-refractivity contribution in [2.75, 3.05) is 19.5 Å². The number of aliphatic imine (C=N–C) groups is 1. The summed E-state index contributed by atoms with van der Waals surface area (Å²) >= 11 is 0. The maximum absolute atomic E-state index is 13.3. The molecule has 41 heavy (non-hydrogen) atoms. The first kappa shape index (κ1) is 27.2. The van der Waals surface area contributed by atoms with Crippen LogP contribution in [0.25, 0.3) is 10.9 Å². The number of hydrogen-bond donors (Lipinski definition) is 3. The maximum atomic E-state index is 13.3. The molecular formula is C29H25FN6O5. The Balaban J connectivity index is 1.35. The van der Waals surface area contributed by atoms with Gasteiger partial charge in [-0.15, -0.1) is 0 Å². The highest BCUT2D eigenvalue weighted by atomic mass is 19.1. The van der Waals surface area contributed by atoms with E-state index < -0.39 is 17.5 Å². The van der Waals surface area contributed by atoms with E-state index in [2.05, 4.69) is 25.3 Å². The third-order valence-electron chi connectivity index (χ3n) is 6.12. The number of ether oxygens (including phenoxy) is 3. The lowest BCUT2D eigenvalue weighted by Crippen LogP contribution is -2.20. The number of rotatable bonds is 10. The minimum absolute atomic E-state index is 0.0114. The molecule has 12 heteroatoms. The Hall–Kier alpha value is -5.39. The number of carbonyl (C=O) groups is 1. The number of methoxy groups -OCH3 is 2. The molecule has 1 aliphatic carbocycles.